The topological polar surface area (TPSA) is 108 Å². The molecule has 5 rings (SSSR count). The molecule has 198 valence electrons. The Balaban J connectivity index is 1.36. The van der Waals surface area contributed by atoms with E-state index in [1.54, 1.807) is 17.0 Å². The van der Waals surface area contributed by atoms with E-state index in [0.717, 1.165) is 16.3 Å². The Bertz CT molecular complexity index is 1260. The molecule has 0 saturated carbocycles. The average molecular weight is 547 g/mol. The zero-order chi connectivity index (χ0) is 25.8. The van der Waals surface area contributed by atoms with Crippen LogP contribution in [-0.2, 0) is 29.1 Å². The minimum absolute atomic E-state index is 0.0379. The molecule has 0 spiro atoms. The molecular weight excluding hydrogens is 516 g/mol. The van der Waals surface area contributed by atoms with Gasteiger partial charge in [-0.3, -0.25) is 9.59 Å². The number of hydrogen-bond donors (Lipinski definition) is 1. The quantitative estimate of drug-likeness (QED) is 0.562. The van der Waals surface area contributed by atoms with Gasteiger partial charge in [-0.1, -0.05) is 12.1 Å². The Morgan fingerprint density at radius 1 is 0.946 bits per heavy atom. The van der Waals surface area contributed by atoms with Crippen LogP contribution in [0.1, 0.15) is 6.42 Å². The summed E-state index contributed by atoms with van der Waals surface area (Å²) in [7, 11) is -3.73. The predicted octanol–water partition coefficient (Wildman–Crippen LogP) is 2.01. The van der Waals surface area contributed by atoms with Crippen LogP contribution in [0.5, 0.6) is 0 Å². The second kappa shape index (κ2) is 11.4. The highest BCUT2D eigenvalue weighted by atomic mass is 32.2. The molecule has 1 N–H and O–H groups in total. The predicted molar refractivity (Wildman–Crippen MR) is 142 cm³/mol. The lowest BCUT2D eigenvalue weighted by molar-refractivity contribution is -0.117. The van der Waals surface area contributed by atoms with Crippen LogP contribution in [0.4, 0.5) is 17.1 Å². The number of amides is 2. The SMILES string of the molecule is O=C(CCN1C(=O)CSc2ccccc21)Nc1cc(S(=O)(=O)N2CCOCC2)ccc1N1CCOCC1. The van der Waals surface area contributed by atoms with Gasteiger partial charge in [0.15, 0.2) is 0 Å². The number of nitrogens with zero attached hydrogens (tertiary/aromatic N) is 3. The zero-order valence-electron chi connectivity index (χ0n) is 20.4. The standard InChI is InChI=1S/C25H30N4O6S2/c30-24(7-8-29-22-3-1-2-4-23(22)36-18-25(29)31)26-20-17-19(37(32,33)28-11-15-35-16-12-28)5-6-21(20)27-9-13-34-14-10-27/h1-6,17H,7-16,18H2,(H,26,30). The Morgan fingerprint density at radius 3 is 2.41 bits per heavy atom. The van der Waals surface area contributed by atoms with Crippen LogP contribution < -0.4 is 15.1 Å². The van der Waals surface area contributed by atoms with Crippen molar-refractivity contribution in [2.45, 2.75) is 16.2 Å². The maximum Gasteiger partial charge on any atom is 0.243 e. The average Bonchev–Trinajstić information content (AvgIpc) is 2.93. The molecule has 37 heavy (non-hydrogen) atoms. The van der Waals surface area contributed by atoms with E-state index >= 15 is 0 Å². The van der Waals surface area contributed by atoms with E-state index in [1.165, 1.54) is 22.1 Å². The number of carbonyl (C=O) groups is 2. The molecule has 3 heterocycles. The van der Waals surface area contributed by atoms with Crippen molar-refractivity contribution in [3.8, 4) is 0 Å². The van der Waals surface area contributed by atoms with E-state index in [-0.39, 0.29) is 29.7 Å². The van der Waals surface area contributed by atoms with E-state index in [9.17, 15) is 18.0 Å². The van der Waals surface area contributed by atoms with Gasteiger partial charge in [-0.15, -0.1) is 11.8 Å². The number of benzene rings is 2. The van der Waals surface area contributed by atoms with Crippen LogP contribution in [0.25, 0.3) is 0 Å². The first-order valence-electron chi connectivity index (χ1n) is 12.3. The summed E-state index contributed by atoms with van der Waals surface area (Å²) in [5, 5.41) is 2.93. The molecular formula is C25H30N4O6S2. The molecule has 3 aliphatic rings. The summed E-state index contributed by atoms with van der Waals surface area (Å²) < 4.78 is 38.7. The normalized spacial score (nSPS) is 19.0. The van der Waals surface area contributed by atoms with E-state index in [0.29, 0.717) is 64.0 Å². The summed E-state index contributed by atoms with van der Waals surface area (Å²) in [6.45, 7) is 3.89. The summed E-state index contributed by atoms with van der Waals surface area (Å²) in [5.74, 6) is 0.00407. The fourth-order valence-electron chi connectivity index (χ4n) is 4.62. The third kappa shape index (κ3) is 5.78. The van der Waals surface area contributed by atoms with Crippen LogP contribution in [-0.4, -0.2) is 89.4 Å². The number of carbonyl (C=O) groups excluding carboxylic acids is 2. The second-order valence-corrected chi connectivity index (χ2v) is 11.8. The number of thioether (sulfide) groups is 1. The molecule has 2 aromatic rings. The number of ether oxygens (including phenoxy) is 2. The molecule has 3 aliphatic heterocycles. The number of nitrogens with one attached hydrogen (secondary N) is 1. The number of morpholine rings is 2. The summed E-state index contributed by atoms with van der Waals surface area (Å²) in [5.41, 5.74) is 1.99. The van der Waals surface area contributed by atoms with Gasteiger partial charge in [-0.2, -0.15) is 4.31 Å². The molecule has 0 bridgehead atoms. The van der Waals surface area contributed by atoms with Crippen molar-refractivity contribution in [3.63, 3.8) is 0 Å². The fraction of sp³-hybridized carbons (Fsp3) is 0.440. The van der Waals surface area contributed by atoms with Gasteiger partial charge < -0.3 is 24.6 Å². The van der Waals surface area contributed by atoms with Gasteiger partial charge in [0.25, 0.3) is 0 Å². The molecule has 0 aliphatic carbocycles. The molecule has 0 aromatic heterocycles. The first kappa shape index (κ1) is 26.0. The van der Waals surface area contributed by atoms with Crippen molar-refractivity contribution in [1.82, 2.24) is 4.31 Å². The molecule has 12 heteroatoms. The molecule has 2 aromatic carbocycles. The van der Waals surface area contributed by atoms with E-state index in [2.05, 4.69) is 10.2 Å². The molecule has 10 nitrogen and oxygen atoms in total. The van der Waals surface area contributed by atoms with Gasteiger partial charge in [-0.25, -0.2) is 8.42 Å². The first-order chi connectivity index (χ1) is 17.9. The van der Waals surface area contributed by atoms with Gasteiger partial charge in [0.1, 0.15) is 0 Å². The van der Waals surface area contributed by atoms with Crippen LogP contribution in [0.3, 0.4) is 0 Å². The van der Waals surface area contributed by atoms with Crippen LogP contribution in [0.15, 0.2) is 52.3 Å². The minimum atomic E-state index is -3.73. The Hall–Kier alpha value is -2.64. The Kier molecular flexibility index (Phi) is 8.01. The highest BCUT2D eigenvalue weighted by molar-refractivity contribution is 8.00. The number of anilines is 3. The van der Waals surface area contributed by atoms with Gasteiger partial charge in [-0.05, 0) is 30.3 Å². The maximum absolute atomic E-state index is 13.3. The second-order valence-electron chi connectivity index (χ2n) is 8.89. The van der Waals surface area contributed by atoms with Crippen molar-refractivity contribution < 1.29 is 27.5 Å². The highest BCUT2D eigenvalue weighted by Gasteiger charge is 2.29. The minimum Gasteiger partial charge on any atom is -0.379 e. The first-order valence-corrected chi connectivity index (χ1v) is 14.7. The molecule has 2 amide bonds. The van der Waals surface area contributed by atoms with Crippen molar-refractivity contribution in [3.05, 3.63) is 42.5 Å². The van der Waals surface area contributed by atoms with Gasteiger partial charge in [0.2, 0.25) is 21.8 Å². The lowest BCUT2D eigenvalue weighted by Gasteiger charge is -2.31. The van der Waals surface area contributed by atoms with Crippen molar-refractivity contribution >= 4 is 50.7 Å². The number of para-hydroxylation sites is 1. The molecule has 0 atom stereocenters. The molecule has 0 radical (unpaired) electrons. The third-order valence-corrected chi connectivity index (χ3v) is 9.51. The summed E-state index contributed by atoms with van der Waals surface area (Å²) >= 11 is 1.49. The van der Waals surface area contributed by atoms with Gasteiger partial charge >= 0.3 is 0 Å². The molecule has 2 saturated heterocycles. The lowest BCUT2D eigenvalue weighted by atomic mass is 10.2. The summed E-state index contributed by atoms with van der Waals surface area (Å²) in [6.07, 6.45) is 0.0771. The highest BCUT2D eigenvalue weighted by Crippen LogP contribution is 2.35. The Labute approximate surface area is 220 Å². The number of fused-ring (bicyclic) bond motifs is 1. The number of rotatable bonds is 7. The lowest BCUT2D eigenvalue weighted by Crippen LogP contribution is -2.40. The summed E-state index contributed by atoms with van der Waals surface area (Å²) in [4.78, 5) is 30.5. The van der Waals surface area contributed by atoms with Crippen LogP contribution in [0, 0.1) is 0 Å². The third-order valence-electron chi connectivity index (χ3n) is 6.57. The van der Waals surface area contributed by atoms with Gasteiger partial charge in [0.05, 0.1) is 54.1 Å². The van der Waals surface area contributed by atoms with Gasteiger partial charge in [0, 0.05) is 44.0 Å². The van der Waals surface area contributed by atoms with Crippen LogP contribution in [0.2, 0.25) is 0 Å². The number of hydrogen-bond acceptors (Lipinski definition) is 8. The number of sulfonamides is 1. The Morgan fingerprint density at radius 2 is 1.65 bits per heavy atom. The van der Waals surface area contributed by atoms with E-state index in [4.69, 9.17) is 9.47 Å². The fourth-order valence-corrected chi connectivity index (χ4v) is 6.99. The summed E-state index contributed by atoms with van der Waals surface area (Å²) in [6, 6.07) is 12.5. The molecule has 2 fully saturated rings. The van der Waals surface area contributed by atoms with Crippen molar-refractivity contribution in [1.29, 1.82) is 0 Å². The maximum atomic E-state index is 13.3. The molecule has 0 unspecified atom stereocenters. The zero-order valence-corrected chi connectivity index (χ0v) is 22.1. The monoisotopic (exact) mass is 546 g/mol. The largest absolute Gasteiger partial charge is 0.379 e. The van der Waals surface area contributed by atoms with E-state index < -0.39 is 10.0 Å². The van der Waals surface area contributed by atoms with Crippen molar-refractivity contribution in [2.24, 2.45) is 0 Å². The smallest absolute Gasteiger partial charge is 0.243 e. The van der Waals surface area contributed by atoms with E-state index in [1.807, 2.05) is 24.3 Å². The van der Waals surface area contributed by atoms with Crippen LogP contribution >= 0.6 is 11.8 Å². The van der Waals surface area contributed by atoms with Crippen molar-refractivity contribution in [2.75, 3.05) is 80.0 Å².